The molecule has 0 radical (unpaired) electrons. The summed E-state index contributed by atoms with van der Waals surface area (Å²) in [6, 6.07) is 10.9. The number of halogens is 1. The highest BCUT2D eigenvalue weighted by atomic mass is 35.5. The molecule has 1 aromatic heterocycles. The molecule has 5 nitrogen and oxygen atoms in total. The second kappa shape index (κ2) is 7.00. The summed E-state index contributed by atoms with van der Waals surface area (Å²) in [5.74, 6) is 0.902. The quantitative estimate of drug-likeness (QED) is 0.903. The topological polar surface area (TPSA) is 81.7 Å². The zero-order chi connectivity index (χ0) is 17.0. The zero-order valence-corrected chi connectivity index (χ0v) is 13.8. The molecule has 0 bridgehead atoms. The lowest BCUT2D eigenvalue weighted by Crippen LogP contribution is -2.04. The number of anilines is 2. The number of benzene rings is 1. The van der Waals surface area contributed by atoms with Crippen LogP contribution in [-0.4, -0.2) is 12.1 Å². The van der Waals surface area contributed by atoms with Crippen molar-refractivity contribution in [3.63, 3.8) is 0 Å². The standard InChI is InChI=1S/C17H15ClN4O/c1-10(2)15-13(18)7-12(9-20)17(22-15)21-14-6-4-5-11(8-19)16(14)23-3/h4-7,10H,1-3H3,(H,21,22). The molecular formula is C17H15ClN4O. The van der Waals surface area contributed by atoms with Gasteiger partial charge in [0.05, 0.1) is 34.6 Å². The van der Waals surface area contributed by atoms with Crippen LogP contribution in [0.5, 0.6) is 5.75 Å². The van der Waals surface area contributed by atoms with Gasteiger partial charge in [0.2, 0.25) is 0 Å². The Labute approximate surface area is 140 Å². The number of pyridine rings is 1. The second-order valence-electron chi connectivity index (χ2n) is 5.14. The third-order valence-corrected chi connectivity index (χ3v) is 3.57. The first kappa shape index (κ1) is 16.6. The van der Waals surface area contributed by atoms with Gasteiger partial charge >= 0.3 is 0 Å². The van der Waals surface area contributed by atoms with E-state index in [0.717, 1.165) is 0 Å². The molecule has 0 aliphatic heterocycles. The van der Waals surface area contributed by atoms with Gasteiger partial charge in [-0.25, -0.2) is 4.98 Å². The molecule has 1 heterocycles. The summed E-state index contributed by atoms with van der Waals surface area (Å²) < 4.78 is 5.29. The van der Waals surface area contributed by atoms with E-state index in [4.69, 9.17) is 21.6 Å². The molecule has 2 rings (SSSR count). The highest BCUT2D eigenvalue weighted by molar-refractivity contribution is 6.31. The maximum absolute atomic E-state index is 9.31. The first-order valence-electron chi connectivity index (χ1n) is 6.96. The van der Waals surface area contributed by atoms with Crippen molar-refractivity contribution in [2.24, 2.45) is 0 Å². The zero-order valence-electron chi connectivity index (χ0n) is 13.0. The highest BCUT2D eigenvalue weighted by Gasteiger charge is 2.16. The second-order valence-corrected chi connectivity index (χ2v) is 5.55. The minimum atomic E-state index is 0.114. The molecule has 2 aromatic rings. The largest absolute Gasteiger partial charge is 0.493 e. The number of nitriles is 2. The maximum atomic E-state index is 9.31. The van der Waals surface area contributed by atoms with Crippen LogP contribution < -0.4 is 10.1 Å². The van der Waals surface area contributed by atoms with Crippen molar-refractivity contribution in [1.29, 1.82) is 10.5 Å². The van der Waals surface area contributed by atoms with Crippen LogP contribution in [-0.2, 0) is 0 Å². The van der Waals surface area contributed by atoms with E-state index in [2.05, 4.69) is 22.4 Å². The summed E-state index contributed by atoms with van der Waals surface area (Å²) in [6.07, 6.45) is 0. The van der Waals surface area contributed by atoms with Crippen molar-refractivity contribution >= 4 is 23.1 Å². The maximum Gasteiger partial charge on any atom is 0.160 e. The summed E-state index contributed by atoms with van der Waals surface area (Å²) in [5, 5.41) is 22.0. The average molecular weight is 327 g/mol. The molecule has 0 fully saturated rings. The van der Waals surface area contributed by atoms with Gasteiger partial charge < -0.3 is 10.1 Å². The summed E-state index contributed by atoms with van der Waals surface area (Å²) in [6.45, 7) is 3.95. The van der Waals surface area contributed by atoms with Crippen molar-refractivity contribution in [2.75, 3.05) is 12.4 Å². The molecule has 6 heteroatoms. The van der Waals surface area contributed by atoms with E-state index in [-0.39, 0.29) is 5.92 Å². The summed E-state index contributed by atoms with van der Waals surface area (Å²) >= 11 is 6.18. The van der Waals surface area contributed by atoms with Crippen LogP contribution in [0.25, 0.3) is 0 Å². The average Bonchev–Trinajstić information content (AvgIpc) is 2.55. The van der Waals surface area contributed by atoms with Crippen LogP contribution in [0, 0.1) is 22.7 Å². The van der Waals surface area contributed by atoms with Gasteiger partial charge in [0.25, 0.3) is 0 Å². The fourth-order valence-corrected chi connectivity index (χ4v) is 2.53. The molecule has 0 atom stereocenters. The Morgan fingerprint density at radius 3 is 2.48 bits per heavy atom. The Kier molecular flexibility index (Phi) is 5.05. The van der Waals surface area contributed by atoms with Crippen molar-refractivity contribution in [3.05, 3.63) is 46.1 Å². The monoisotopic (exact) mass is 326 g/mol. The number of ether oxygens (including phenoxy) is 1. The van der Waals surface area contributed by atoms with E-state index >= 15 is 0 Å². The van der Waals surface area contributed by atoms with Crippen molar-refractivity contribution in [3.8, 4) is 17.9 Å². The van der Waals surface area contributed by atoms with E-state index in [9.17, 15) is 5.26 Å². The predicted molar refractivity (Wildman–Crippen MR) is 89.0 cm³/mol. The lowest BCUT2D eigenvalue weighted by Gasteiger charge is -2.15. The number of nitrogens with one attached hydrogen (secondary N) is 1. The third kappa shape index (κ3) is 3.36. The van der Waals surface area contributed by atoms with Crippen LogP contribution in [0.3, 0.4) is 0 Å². The van der Waals surface area contributed by atoms with Crippen LogP contribution in [0.1, 0.15) is 36.6 Å². The first-order chi connectivity index (χ1) is 11.0. The van der Waals surface area contributed by atoms with Crippen molar-refractivity contribution < 1.29 is 4.74 Å². The molecule has 0 unspecified atom stereocenters. The van der Waals surface area contributed by atoms with E-state index in [1.807, 2.05) is 13.8 Å². The van der Waals surface area contributed by atoms with Gasteiger partial charge in [-0.15, -0.1) is 0 Å². The Morgan fingerprint density at radius 1 is 1.22 bits per heavy atom. The van der Waals surface area contributed by atoms with Crippen LogP contribution in [0.2, 0.25) is 5.02 Å². The molecule has 23 heavy (non-hydrogen) atoms. The SMILES string of the molecule is COc1c(C#N)cccc1Nc1nc(C(C)C)c(Cl)cc1C#N. The molecule has 0 saturated heterocycles. The Morgan fingerprint density at radius 2 is 1.91 bits per heavy atom. The molecule has 1 N–H and O–H groups in total. The van der Waals surface area contributed by atoms with E-state index < -0.39 is 0 Å². The van der Waals surface area contributed by atoms with E-state index in [1.165, 1.54) is 7.11 Å². The van der Waals surface area contributed by atoms with Crippen LogP contribution >= 0.6 is 11.6 Å². The number of hydrogen-bond acceptors (Lipinski definition) is 5. The number of aromatic nitrogens is 1. The molecule has 0 aliphatic rings. The summed E-state index contributed by atoms with van der Waals surface area (Å²) in [5.41, 5.74) is 1.98. The smallest absolute Gasteiger partial charge is 0.160 e. The van der Waals surface area contributed by atoms with Gasteiger partial charge in [-0.05, 0) is 24.1 Å². The normalized spacial score (nSPS) is 10.0. The first-order valence-corrected chi connectivity index (χ1v) is 7.34. The van der Waals surface area contributed by atoms with Gasteiger partial charge in [-0.3, -0.25) is 0 Å². The van der Waals surface area contributed by atoms with Gasteiger partial charge in [0.1, 0.15) is 18.0 Å². The molecule has 0 saturated carbocycles. The predicted octanol–water partition coefficient (Wildman–Crippen LogP) is 4.35. The van der Waals surface area contributed by atoms with Crippen molar-refractivity contribution in [1.82, 2.24) is 4.98 Å². The Bertz CT molecular complexity index is 819. The lowest BCUT2D eigenvalue weighted by atomic mass is 10.1. The number of para-hydroxylation sites is 1. The minimum Gasteiger partial charge on any atom is -0.493 e. The molecule has 0 aliphatic carbocycles. The Balaban J connectivity index is 2.55. The third-order valence-electron chi connectivity index (χ3n) is 3.26. The van der Waals surface area contributed by atoms with Gasteiger partial charge in [0.15, 0.2) is 5.75 Å². The fraction of sp³-hybridized carbons (Fsp3) is 0.235. The summed E-state index contributed by atoms with van der Waals surface area (Å²) in [4.78, 5) is 4.46. The van der Waals surface area contributed by atoms with E-state index in [0.29, 0.717) is 39.1 Å². The molecular weight excluding hydrogens is 312 g/mol. The number of methoxy groups -OCH3 is 1. The lowest BCUT2D eigenvalue weighted by molar-refractivity contribution is 0.415. The Hall–Kier alpha value is -2.76. The minimum absolute atomic E-state index is 0.114. The van der Waals surface area contributed by atoms with Gasteiger partial charge in [-0.1, -0.05) is 31.5 Å². The number of hydrogen-bond donors (Lipinski definition) is 1. The number of rotatable bonds is 4. The molecule has 0 amide bonds. The van der Waals surface area contributed by atoms with E-state index in [1.54, 1.807) is 24.3 Å². The molecule has 116 valence electrons. The molecule has 0 spiro atoms. The van der Waals surface area contributed by atoms with Gasteiger partial charge in [-0.2, -0.15) is 10.5 Å². The van der Waals surface area contributed by atoms with Gasteiger partial charge in [0, 0.05) is 0 Å². The van der Waals surface area contributed by atoms with Crippen molar-refractivity contribution in [2.45, 2.75) is 19.8 Å². The fourth-order valence-electron chi connectivity index (χ4n) is 2.16. The number of nitrogens with zero attached hydrogens (tertiary/aromatic N) is 3. The highest BCUT2D eigenvalue weighted by Crippen LogP contribution is 2.33. The van der Waals surface area contributed by atoms with Crippen LogP contribution in [0.15, 0.2) is 24.3 Å². The van der Waals surface area contributed by atoms with Crippen LogP contribution in [0.4, 0.5) is 11.5 Å². The summed E-state index contributed by atoms with van der Waals surface area (Å²) in [7, 11) is 1.49. The molecule has 1 aromatic carbocycles.